The maximum Gasteiger partial charge on any atom is 0.338 e. The van der Waals surface area contributed by atoms with Crippen molar-refractivity contribution in [3.8, 4) is 17.2 Å². The van der Waals surface area contributed by atoms with Gasteiger partial charge >= 0.3 is 5.97 Å². The molecule has 3 aromatic rings. The number of hydrogen-bond acceptors (Lipinski definition) is 7. The van der Waals surface area contributed by atoms with Gasteiger partial charge in [-0.3, -0.25) is 9.59 Å². The highest BCUT2D eigenvalue weighted by Crippen LogP contribution is 2.28. The third kappa shape index (κ3) is 7.49. The smallest absolute Gasteiger partial charge is 0.338 e. The lowest BCUT2D eigenvalue weighted by Gasteiger charge is -2.12. The van der Waals surface area contributed by atoms with Crippen LogP contribution in [0.5, 0.6) is 17.2 Å². The SMILES string of the molecule is CCc1cccc(NC(=O)COC(=O)c2ccc(OCC(=O)Nc3ccc(OC)cc3)c(OC)c2)c1. The summed E-state index contributed by atoms with van der Waals surface area (Å²) in [7, 11) is 2.97. The molecule has 9 nitrogen and oxygen atoms in total. The van der Waals surface area contributed by atoms with Gasteiger partial charge in [0.05, 0.1) is 19.8 Å². The molecule has 0 atom stereocenters. The molecule has 0 saturated heterocycles. The van der Waals surface area contributed by atoms with Gasteiger partial charge in [-0.15, -0.1) is 0 Å². The van der Waals surface area contributed by atoms with Crippen LogP contribution in [0.15, 0.2) is 66.7 Å². The number of ether oxygens (including phenoxy) is 4. The number of rotatable bonds is 11. The maximum absolute atomic E-state index is 12.4. The number of amides is 2. The van der Waals surface area contributed by atoms with Crippen molar-refractivity contribution in [3.05, 3.63) is 77.9 Å². The first kappa shape index (κ1) is 26.1. The zero-order valence-electron chi connectivity index (χ0n) is 20.3. The number of carbonyl (C=O) groups is 3. The average molecular weight is 493 g/mol. The van der Waals surface area contributed by atoms with E-state index < -0.39 is 18.5 Å². The van der Waals surface area contributed by atoms with E-state index in [1.807, 2.05) is 25.1 Å². The lowest BCUT2D eigenvalue weighted by Crippen LogP contribution is -2.21. The van der Waals surface area contributed by atoms with E-state index in [4.69, 9.17) is 18.9 Å². The molecule has 3 aromatic carbocycles. The molecule has 2 amide bonds. The highest BCUT2D eigenvalue weighted by Gasteiger charge is 2.15. The van der Waals surface area contributed by atoms with Crippen LogP contribution in [0.4, 0.5) is 11.4 Å². The van der Waals surface area contributed by atoms with Gasteiger partial charge in [0.1, 0.15) is 5.75 Å². The van der Waals surface area contributed by atoms with Crippen LogP contribution in [0.3, 0.4) is 0 Å². The lowest BCUT2D eigenvalue weighted by molar-refractivity contribution is -0.119. The number of hydrogen-bond donors (Lipinski definition) is 2. The summed E-state index contributed by atoms with van der Waals surface area (Å²) in [6, 6.07) is 18.7. The molecule has 0 aliphatic heterocycles. The van der Waals surface area contributed by atoms with Gasteiger partial charge < -0.3 is 29.6 Å². The summed E-state index contributed by atoms with van der Waals surface area (Å²) < 4.78 is 21.0. The van der Waals surface area contributed by atoms with Gasteiger partial charge in [0, 0.05) is 11.4 Å². The van der Waals surface area contributed by atoms with Crippen molar-refractivity contribution >= 4 is 29.2 Å². The van der Waals surface area contributed by atoms with Gasteiger partial charge in [0.2, 0.25) is 0 Å². The van der Waals surface area contributed by atoms with Crippen LogP contribution in [0.25, 0.3) is 0 Å². The maximum atomic E-state index is 12.4. The Kier molecular flexibility index (Phi) is 9.27. The third-order valence-electron chi connectivity index (χ3n) is 5.09. The number of benzene rings is 3. The molecule has 0 spiro atoms. The second-order valence-electron chi connectivity index (χ2n) is 7.61. The van der Waals surface area contributed by atoms with Crippen LogP contribution < -0.4 is 24.8 Å². The van der Waals surface area contributed by atoms with Gasteiger partial charge in [0.25, 0.3) is 11.8 Å². The molecule has 3 rings (SSSR count). The monoisotopic (exact) mass is 492 g/mol. The number of anilines is 2. The first-order valence-electron chi connectivity index (χ1n) is 11.2. The van der Waals surface area contributed by atoms with E-state index in [2.05, 4.69) is 10.6 Å². The van der Waals surface area contributed by atoms with E-state index in [9.17, 15) is 14.4 Å². The van der Waals surface area contributed by atoms with Crippen molar-refractivity contribution in [2.24, 2.45) is 0 Å². The molecule has 0 unspecified atom stereocenters. The van der Waals surface area contributed by atoms with Crippen LogP contribution in [0, 0.1) is 0 Å². The molecule has 0 aliphatic rings. The first-order valence-corrected chi connectivity index (χ1v) is 11.2. The van der Waals surface area contributed by atoms with E-state index in [1.165, 1.54) is 25.3 Å². The van der Waals surface area contributed by atoms with Crippen molar-refractivity contribution < 1.29 is 33.3 Å². The quantitative estimate of drug-likeness (QED) is 0.388. The minimum Gasteiger partial charge on any atom is -0.497 e. The number of esters is 1. The standard InChI is InChI=1S/C27H28N2O7/c1-4-18-6-5-7-21(14-18)29-26(31)17-36-27(32)19-8-13-23(24(15-19)34-3)35-16-25(30)28-20-9-11-22(33-2)12-10-20/h5-15H,4,16-17H2,1-3H3,(H,28,30)(H,29,31). The van der Waals surface area contributed by atoms with E-state index in [-0.39, 0.29) is 29.6 Å². The highest BCUT2D eigenvalue weighted by atomic mass is 16.5. The molecule has 0 saturated carbocycles. The van der Waals surface area contributed by atoms with Crippen molar-refractivity contribution in [1.29, 1.82) is 0 Å². The van der Waals surface area contributed by atoms with Crippen molar-refractivity contribution in [2.75, 3.05) is 38.1 Å². The Morgan fingerprint density at radius 1 is 0.750 bits per heavy atom. The Morgan fingerprint density at radius 3 is 2.17 bits per heavy atom. The number of aryl methyl sites for hydroxylation is 1. The summed E-state index contributed by atoms with van der Waals surface area (Å²) in [5.74, 6) is -0.341. The first-order chi connectivity index (χ1) is 17.4. The minimum atomic E-state index is -0.699. The van der Waals surface area contributed by atoms with Gasteiger partial charge in [-0.25, -0.2) is 4.79 Å². The Labute approximate surface area is 209 Å². The fourth-order valence-electron chi connectivity index (χ4n) is 3.21. The number of methoxy groups -OCH3 is 2. The van der Waals surface area contributed by atoms with E-state index in [1.54, 1.807) is 37.4 Å². The van der Waals surface area contributed by atoms with Gasteiger partial charge in [-0.2, -0.15) is 0 Å². The molecule has 36 heavy (non-hydrogen) atoms. The molecule has 0 aliphatic carbocycles. The fourth-order valence-corrected chi connectivity index (χ4v) is 3.21. The van der Waals surface area contributed by atoms with Crippen LogP contribution >= 0.6 is 0 Å². The summed E-state index contributed by atoms with van der Waals surface area (Å²) in [5.41, 5.74) is 2.48. The van der Waals surface area contributed by atoms with E-state index in [0.29, 0.717) is 17.1 Å². The summed E-state index contributed by atoms with van der Waals surface area (Å²) in [6.45, 7) is 1.30. The van der Waals surface area contributed by atoms with Gasteiger partial charge in [-0.05, 0) is 66.6 Å². The molecule has 0 fully saturated rings. The van der Waals surface area contributed by atoms with Crippen LogP contribution in [-0.2, 0) is 20.7 Å². The van der Waals surface area contributed by atoms with Crippen LogP contribution in [-0.4, -0.2) is 45.2 Å². The minimum absolute atomic E-state index is 0.169. The zero-order chi connectivity index (χ0) is 25.9. The molecule has 0 radical (unpaired) electrons. The second kappa shape index (κ2) is 12.8. The molecule has 0 bridgehead atoms. The largest absolute Gasteiger partial charge is 0.497 e. The lowest BCUT2D eigenvalue weighted by atomic mass is 10.1. The third-order valence-corrected chi connectivity index (χ3v) is 5.09. The molecule has 0 heterocycles. The summed E-state index contributed by atoms with van der Waals surface area (Å²) in [6.07, 6.45) is 0.841. The van der Waals surface area contributed by atoms with E-state index in [0.717, 1.165) is 12.0 Å². The Hall–Kier alpha value is -4.53. The van der Waals surface area contributed by atoms with Crippen molar-refractivity contribution in [1.82, 2.24) is 0 Å². The average Bonchev–Trinajstić information content (AvgIpc) is 2.91. The number of nitrogens with one attached hydrogen (secondary N) is 2. The Balaban J connectivity index is 1.52. The number of carbonyl (C=O) groups excluding carboxylic acids is 3. The molecule has 2 N–H and O–H groups in total. The zero-order valence-corrected chi connectivity index (χ0v) is 20.3. The predicted octanol–water partition coefficient (Wildman–Crippen LogP) is 4.08. The predicted molar refractivity (Wildman–Crippen MR) is 135 cm³/mol. The molecular weight excluding hydrogens is 464 g/mol. The molecular formula is C27H28N2O7. The normalized spacial score (nSPS) is 10.2. The van der Waals surface area contributed by atoms with Crippen LogP contribution in [0.2, 0.25) is 0 Å². The summed E-state index contributed by atoms with van der Waals surface area (Å²) in [5, 5.41) is 5.41. The summed E-state index contributed by atoms with van der Waals surface area (Å²) in [4.78, 5) is 36.8. The second-order valence-corrected chi connectivity index (χ2v) is 7.61. The van der Waals surface area contributed by atoms with E-state index >= 15 is 0 Å². The topological polar surface area (TPSA) is 112 Å². The fraction of sp³-hybridized carbons (Fsp3) is 0.222. The molecule has 188 valence electrons. The van der Waals surface area contributed by atoms with Crippen molar-refractivity contribution in [2.45, 2.75) is 13.3 Å². The van der Waals surface area contributed by atoms with Gasteiger partial charge in [0.15, 0.2) is 24.7 Å². The Morgan fingerprint density at radius 2 is 1.47 bits per heavy atom. The molecule has 0 aromatic heterocycles. The highest BCUT2D eigenvalue weighted by molar-refractivity contribution is 5.96. The van der Waals surface area contributed by atoms with Crippen molar-refractivity contribution in [3.63, 3.8) is 0 Å². The summed E-state index contributed by atoms with van der Waals surface area (Å²) >= 11 is 0. The Bertz CT molecular complexity index is 1210. The van der Waals surface area contributed by atoms with Gasteiger partial charge in [-0.1, -0.05) is 19.1 Å². The van der Waals surface area contributed by atoms with Crippen LogP contribution in [0.1, 0.15) is 22.8 Å². The molecule has 9 heteroatoms.